The summed E-state index contributed by atoms with van der Waals surface area (Å²) >= 11 is 2.04. The normalized spacial score (nSPS) is 24.0. The molecule has 1 radical (unpaired) electrons. The second kappa shape index (κ2) is 0.978. The Hall–Kier alpha value is 0.350. The minimum atomic E-state index is 1.42. The molecule has 1 heterocycles. The molecule has 0 unspecified atom stereocenters. The molecular weight excluding hydrogens is 68.1 g/mol. The minimum Gasteiger partial charge on any atom is 0.0467 e. The van der Waals surface area contributed by atoms with E-state index in [1.807, 2.05) is 11.8 Å². The molecule has 4 heavy (non-hydrogen) atoms. The van der Waals surface area contributed by atoms with Crippen molar-refractivity contribution < 1.29 is 0 Å². The Morgan fingerprint density at radius 3 is 1.50 bits per heavy atom. The molecule has 0 aromatic heterocycles. The third kappa shape index (κ3) is 0.226. The first-order chi connectivity index (χ1) is 2.00. The number of rotatable bonds is 0. The highest BCUT2D eigenvalue weighted by atomic mass is 32.2. The van der Waals surface area contributed by atoms with Crippen molar-refractivity contribution in [3.63, 3.8) is 0 Å². The Morgan fingerprint density at radius 2 is 1.50 bits per heavy atom. The lowest BCUT2D eigenvalue weighted by atomic mass is 10.6. The van der Waals surface area contributed by atoms with E-state index in [0.29, 0.717) is 0 Å². The van der Waals surface area contributed by atoms with Gasteiger partial charge in [-0.05, 0) is 0 Å². The van der Waals surface area contributed by atoms with Crippen molar-refractivity contribution >= 4 is 11.8 Å². The van der Waals surface area contributed by atoms with Gasteiger partial charge < -0.3 is 0 Å². The van der Waals surface area contributed by atoms with Crippen molar-refractivity contribution in [3.8, 4) is 0 Å². The van der Waals surface area contributed by atoms with Crippen LogP contribution in [0.25, 0.3) is 0 Å². The molecule has 23 valence electrons. The molecule has 0 N–H and O–H groups in total. The first-order valence-corrected chi connectivity index (χ1v) is 2.73. The van der Waals surface area contributed by atoms with Gasteiger partial charge in [-0.15, -0.1) is 0 Å². The van der Waals surface area contributed by atoms with Gasteiger partial charge in [0.1, 0.15) is 0 Å². The van der Waals surface area contributed by atoms with Crippen LogP contribution in [-0.4, -0.2) is 11.5 Å². The molecule has 1 aliphatic rings. The number of hydrogen-bond acceptors (Lipinski definition) is 1. The van der Waals surface area contributed by atoms with Crippen molar-refractivity contribution in [2.24, 2.45) is 0 Å². The van der Waals surface area contributed by atoms with Crippen LogP contribution in [0.2, 0.25) is 0 Å². The maximum atomic E-state index is 2.04. The van der Waals surface area contributed by atoms with Crippen LogP contribution in [-0.2, 0) is 11.8 Å². The lowest BCUT2D eigenvalue weighted by Crippen LogP contribution is -2.07. The highest BCUT2D eigenvalue weighted by Crippen LogP contribution is 1.94. The van der Waals surface area contributed by atoms with Crippen LogP contribution in [0.3, 0.4) is 0 Å². The van der Waals surface area contributed by atoms with Gasteiger partial charge in [0.05, 0.1) is 0 Å². The maximum absolute atomic E-state index is 2.04. The molecule has 0 bridgehead atoms. The van der Waals surface area contributed by atoms with E-state index in [1.54, 1.807) is 0 Å². The molecule has 0 atom stereocenters. The van der Waals surface area contributed by atoms with Gasteiger partial charge in [0.25, 0.3) is 0 Å². The van der Waals surface area contributed by atoms with Crippen LogP contribution in [0.4, 0.5) is 0 Å². The molecule has 0 aliphatic carbocycles. The van der Waals surface area contributed by atoms with Crippen LogP contribution >= 0.6 is 0 Å². The van der Waals surface area contributed by atoms with Crippen molar-refractivity contribution in [2.75, 3.05) is 11.5 Å². The lowest BCUT2D eigenvalue weighted by molar-refractivity contribution is 1.06. The summed E-state index contributed by atoms with van der Waals surface area (Å²) in [4.78, 5) is 0. The molecule has 0 aromatic rings. The first kappa shape index (κ1) is 2.58. The fraction of sp³-hybridized carbons (Fsp3) is 1.00. The van der Waals surface area contributed by atoms with Crippen molar-refractivity contribution in [1.29, 1.82) is 0 Å². The smallest absolute Gasteiger partial charge is 0.0467 e. The van der Waals surface area contributed by atoms with E-state index in [0.717, 1.165) is 0 Å². The van der Waals surface area contributed by atoms with Crippen LogP contribution in [0.15, 0.2) is 0 Å². The largest absolute Gasteiger partial charge is 0.197 e. The molecular formula is C3H6S+. The van der Waals surface area contributed by atoms with E-state index in [4.69, 9.17) is 0 Å². The third-order valence-corrected chi connectivity index (χ3v) is 1.73. The van der Waals surface area contributed by atoms with E-state index >= 15 is 0 Å². The Kier molecular flexibility index (Phi) is 0.631. The molecule has 1 saturated heterocycles. The van der Waals surface area contributed by atoms with Crippen molar-refractivity contribution in [1.82, 2.24) is 0 Å². The van der Waals surface area contributed by atoms with Crippen molar-refractivity contribution in [2.45, 2.75) is 6.42 Å². The minimum absolute atomic E-state index is 1.42. The second-order valence-electron chi connectivity index (χ2n) is 0.966. The van der Waals surface area contributed by atoms with E-state index in [1.165, 1.54) is 17.9 Å². The quantitative estimate of drug-likeness (QED) is 0.376. The molecule has 1 heteroatoms. The molecule has 0 spiro atoms. The lowest BCUT2D eigenvalue weighted by Gasteiger charge is -1.86. The average Bonchev–Trinajstić information content (AvgIpc) is 0.722. The predicted octanol–water partition coefficient (Wildman–Crippen LogP) is 0.473. The molecule has 1 aliphatic heterocycles. The summed E-state index contributed by atoms with van der Waals surface area (Å²) in [6.07, 6.45) is 1.46. The molecule has 0 aromatic carbocycles. The first-order valence-electron chi connectivity index (χ1n) is 1.58. The summed E-state index contributed by atoms with van der Waals surface area (Å²) in [5.41, 5.74) is 0. The molecule has 1 rings (SSSR count). The summed E-state index contributed by atoms with van der Waals surface area (Å²) < 4.78 is 0. The Morgan fingerprint density at radius 1 is 1.25 bits per heavy atom. The molecule has 1 fully saturated rings. The predicted molar refractivity (Wildman–Crippen MR) is 21.7 cm³/mol. The van der Waals surface area contributed by atoms with Gasteiger partial charge >= 0.3 is 0 Å². The van der Waals surface area contributed by atoms with E-state index in [2.05, 4.69) is 0 Å². The fourth-order valence-corrected chi connectivity index (χ4v) is 0.433. The zero-order chi connectivity index (χ0) is 2.83. The van der Waals surface area contributed by atoms with Gasteiger partial charge in [-0.2, -0.15) is 0 Å². The summed E-state index contributed by atoms with van der Waals surface area (Å²) in [5.74, 6) is 2.83. The highest BCUT2D eigenvalue weighted by molar-refractivity contribution is 7.79. The van der Waals surface area contributed by atoms with Crippen LogP contribution < -0.4 is 0 Å². The molecule has 0 saturated carbocycles. The Bertz CT molecular complexity index is 11.2. The third-order valence-electron chi connectivity index (χ3n) is 0.577. The SMILES string of the molecule is C1C[S+]C1. The Labute approximate surface area is 30.6 Å². The summed E-state index contributed by atoms with van der Waals surface area (Å²) in [6, 6.07) is 0. The van der Waals surface area contributed by atoms with Gasteiger partial charge in [-0.3, -0.25) is 0 Å². The van der Waals surface area contributed by atoms with Crippen LogP contribution in [0.5, 0.6) is 0 Å². The number of thioether (sulfide) groups is 1. The van der Waals surface area contributed by atoms with Crippen LogP contribution in [0, 0.1) is 0 Å². The van der Waals surface area contributed by atoms with Gasteiger partial charge in [0.15, 0.2) is 23.3 Å². The van der Waals surface area contributed by atoms with E-state index < -0.39 is 0 Å². The van der Waals surface area contributed by atoms with Gasteiger partial charge in [0.2, 0.25) is 0 Å². The van der Waals surface area contributed by atoms with E-state index in [-0.39, 0.29) is 0 Å². The summed E-state index contributed by atoms with van der Waals surface area (Å²) in [7, 11) is 0. The summed E-state index contributed by atoms with van der Waals surface area (Å²) in [5, 5.41) is 0. The van der Waals surface area contributed by atoms with Crippen LogP contribution in [0.1, 0.15) is 6.42 Å². The zero-order valence-electron chi connectivity index (χ0n) is 2.53. The maximum Gasteiger partial charge on any atom is 0.197 e. The molecule has 0 nitrogen and oxygen atoms in total. The molecule has 0 amide bonds. The second-order valence-corrected chi connectivity index (χ2v) is 2.19. The standard InChI is InChI=1S/C3H6S/c1-2-4-3-1/h1-3H2/q+1. The van der Waals surface area contributed by atoms with E-state index in [9.17, 15) is 0 Å². The van der Waals surface area contributed by atoms with Gasteiger partial charge in [-0.25, -0.2) is 0 Å². The zero-order valence-corrected chi connectivity index (χ0v) is 3.35. The summed E-state index contributed by atoms with van der Waals surface area (Å²) in [6.45, 7) is 0. The van der Waals surface area contributed by atoms with Crippen molar-refractivity contribution in [3.05, 3.63) is 0 Å². The number of hydrogen-bond donors (Lipinski definition) is 0. The van der Waals surface area contributed by atoms with Gasteiger partial charge in [-0.1, -0.05) is 0 Å². The fourth-order valence-electron chi connectivity index (χ4n) is 0.144. The topological polar surface area (TPSA) is 0 Å². The Balaban J connectivity index is 2.00. The highest BCUT2D eigenvalue weighted by Gasteiger charge is 2.14. The monoisotopic (exact) mass is 74.0 g/mol. The van der Waals surface area contributed by atoms with Gasteiger partial charge in [0, 0.05) is 6.42 Å². The average molecular weight is 74.1 g/mol.